The van der Waals surface area contributed by atoms with Gasteiger partial charge in [-0.05, 0) is 44.4 Å². The average molecular weight is 545 g/mol. The van der Waals surface area contributed by atoms with E-state index in [1.807, 2.05) is 4.90 Å². The molecule has 0 unspecified atom stereocenters. The third-order valence-electron chi connectivity index (χ3n) is 9.73. The van der Waals surface area contributed by atoms with E-state index in [1.54, 1.807) is 0 Å². The molecule has 0 saturated carbocycles. The van der Waals surface area contributed by atoms with E-state index in [1.165, 1.54) is 0 Å². The molecule has 2 amide bonds. The molecule has 5 heterocycles. The van der Waals surface area contributed by atoms with Gasteiger partial charge in [0.25, 0.3) is 0 Å². The minimum absolute atomic E-state index is 0.0336. The lowest BCUT2D eigenvalue weighted by Gasteiger charge is -2.45. The zero-order valence-corrected chi connectivity index (χ0v) is 23.7. The Morgan fingerprint density at radius 3 is 2.23 bits per heavy atom. The highest BCUT2D eigenvalue weighted by Crippen LogP contribution is 2.34. The summed E-state index contributed by atoms with van der Waals surface area (Å²) in [5.41, 5.74) is -0.887. The second kappa shape index (κ2) is 13.7. The summed E-state index contributed by atoms with van der Waals surface area (Å²) in [7, 11) is 0. The van der Waals surface area contributed by atoms with E-state index in [9.17, 15) is 14.9 Å². The van der Waals surface area contributed by atoms with Crippen molar-refractivity contribution in [2.45, 2.75) is 51.0 Å². The van der Waals surface area contributed by atoms with Crippen molar-refractivity contribution in [1.82, 2.24) is 24.5 Å². The molecule has 0 aliphatic carbocycles. The topological polar surface area (TPSA) is 92.6 Å². The maximum Gasteiger partial charge on any atom is 0.243 e. The number of amides is 2. The molecule has 0 aromatic carbocycles. The van der Waals surface area contributed by atoms with Crippen molar-refractivity contribution >= 4 is 11.8 Å². The molecule has 0 radical (unpaired) electrons. The Balaban J connectivity index is 1.15. The molecule has 10 heteroatoms. The van der Waals surface area contributed by atoms with E-state index < -0.39 is 5.41 Å². The van der Waals surface area contributed by atoms with Crippen LogP contribution in [0.1, 0.15) is 44.9 Å². The van der Waals surface area contributed by atoms with Gasteiger partial charge >= 0.3 is 0 Å². The molecule has 5 aliphatic heterocycles. The van der Waals surface area contributed by atoms with Gasteiger partial charge in [0.15, 0.2) is 0 Å². The molecule has 218 valence electrons. The number of piperazine rings is 1. The van der Waals surface area contributed by atoms with Gasteiger partial charge < -0.3 is 24.2 Å². The van der Waals surface area contributed by atoms with Crippen molar-refractivity contribution in [2.24, 2.45) is 11.3 Å². The SMILES string of the molecule is N#CC1(C(=O)N2CCN([C@@H](CN3CCOCC3)CN3CCCCC3=O)CC2)CCN(CC2CCOCC2)CC1. The van der Waals surface area contributed by atoms with Crippen LogP contribution in [0.3, 0.4) is 0 Å². The predicted octanol–water partition coefficient (Wildman–Crippen LogP) is 0.876. The number of ether oxygens (including phenoxy) is 2. The molecule has 0 aromatic heterocycles. The van der Waals surface area contributed by atoms with Crippen LogP contribution in [0.15, 0.2) is 0 Å². The summed E-state index contributed by atoms with van der Waals surface area (Å²) < 4.78 is 11.1. The molecule has 5 fully saturated rings. The summed E-state index contributed by atoms with van der Waals surface area (Å²) in [6.07, 6.45) is 6.22. The summed E-state index contributed by atoms with van der Waals surface area (Å²) in [6, 6.07) is 2.72. The summed E-state index contributed by atoms with van der Waals surface area (Å²) >= 11 is 0. The van der Waals surface area contributed by atoms with Crippen LogP contribution in [0.25, 0.3) is 0 Å². The minimum Gasteiger partial charge on any atom is -0.381 e. The Bertz CT molecular complexity index is 852. The first kappa shape index (κ1) is 28.7. The Morgan fingerprint density at radius 1 is 0.872 bits per heavy atom. The minimum atomic E-state index is -0.887. The van der Waals surface area contributed by atoms with Crippen LogP contribution in [-0.4, -0.2) is 147 Å². The zero-order valence-electron chi connectivity index (χ0n) is 23.7. The van der Waals surface area contributed by atoms with Gasteiger partial charge in [0, 0.05) is 104 Å². The summed E-state index contributed by atoms with van der Waals surface area (Å²) in [4.78, 5) is 37.7. The Hall–Kier alpha value is -1.77. The van der Waals surface area contributed by atoms with Crippen LogP contribution in [0.2, 0.25) is 0 Å². The van der Waals surface area contributed by atoms with Gasteiger partial charge in [-0.2, -0.15) is 5.26 Å². The molecule has 0 bridgehead atoms. The summed E-state index contributed by atoms with van der Waals surface area (Å²) in [5.74, 6) is 0.982. The first-order valence-electron chi connectivity index (χ1n) is 15.4. The molecule has 39 heavy (non-hydrogen) atoms. The first-order chi connectivity index (χ1) is 19.1. The van der Waals surface area contributed by atoms with E-state index in [0.717, 1.165) is 118 Å². The smallest absolute Gasteiger partial charge is 0.243 e. The van der Waals surface area contributed by atoms with Gasteiger partial charge in [-0.3, -0.25) is 19.4 Å². The van der Waals surface area contributed by atoms with E-state index in [-0.39, 0.29) is 17.9 Å². The molecule has 0 N–H and O–H groups in total. The summed E-state index contributed by atoms with van der Waals surface area (Å²) in [5, 5.41) is 10.2. The van der Waals surface area contributed by atoms with E-state index in [4.69, 9.17) is 9.47 Å². The van der Waals surface area contributed by atoms with E-state index in [0.29, 0.717) is 38.3 Å². The van der Waals surface area contributed by atoms with Gasteiger partial charge in [-0.1, -0.05) is 0 Å². The van der Waals surface area contributed by atoms with Crippen LogP contribution in [0.4, 0.5) is 0 Å². The van der Waals surface area contributed by atoms with Crippen molar-refractivity contribution in [1.29, 1.82) is 5.26 Å². The molecular formula is C29H48N6O4. The predicted molar refractivity (Wildman–Crippen MR) is 147 cm³/mol. The Labute approximate surface area is 234 Å². The van der Waals surface area contributed by atoms with Crippen molar-refractivity contribution in [3.8, 4) is 6.07 Å². The van der Waals surface area contributed by atoms with Crippen molar-refractivity contribution < 1.29 is 19.1 Å². The number of carbonyl (C=O) groups excluding carboxylic acids is 2. The van der Waals surface area contributed by atoms with Crippen LogP contribution in [0.5, 0.6) is 0 Å². The van der Waals surface area contributed by atoms with E-state index >= 15 is 0 Å². The normalized spacial score (nSPS) is 27.3. The molecule has 0 spiro atoms. The lowest BCUT2D eigenvalue weighted by atomic mass is 9.78. The lowest BCUT2D eigenvalue weighted by molar-refractivity contribution is -0.144. The molecule has 0 aromatic rings. The highest BCUT2D eigenvalue weighted by molar-refractivity contribution is 5.85. The number of nitriles is 1. The average Bonchev–Trinajstić information content (AvgIpc) is 2.99. The highest BCUT2D eigenvalue weighted by Gasteiger charge is 2.45. The fraction of sp³-hybridized carbons (Fsp3) is 0.897. The van der Waals surface area contributed by atoms with Gasteiger partial charge in [0.05, 0.1) is 19.3 Å². The molecule has 5 saturated heterocycles. The highest BCUT2D eigenvalue weighted by atomic mass is 16.5. The maximum atomic E-state index is 13.7. The van der Waals surface area contributed by atoms with Crippen LogP contribution in [-0.2, 0) is 19.1 Å². The fourth-order valence-corrected chi connectivity index (χ4v) is 7.06. The lowest BCUT2D eigenvalue weighted by Crippen LogP contribution is -2.60. The molecule has 10 nitrogen and oxygen atoms in total. The number of hydrogen-bond donors (Lipinski definition) is 0. The van der Waals surface area contributed by atoms with Crippen molar-refractivity contribution in [3.63, 3.8) is 0 Å². The molecular weight excluding hydrogens is 496 g/mol. The van der Waals surface area contributed by atoms with Crippen LogP contribution < -0.4 is 0 Å². The summed E-state index contributed by atoms with van der Waals surface area (Å²) in [6.45, 7) is 13.2. The van der Waals surface area contributed by atoms with Gasteiger partial charge in [0.2, 0.25) is 11.8 Å². The van der Waals surface area contributed by atoms with Gasteiger partial charge in [-0.15, -0.1) is 0 Å². The monoisotopic (exact) mass is 544 g/mol. The third kappa shape index (κ3) is 7.31. The molecule has 1 atom stereocenters. The van der Waals surface area contributed by atoms with Crippen molar-refractivity contribution in [2.75, 3.05) is 105 Å². The number of carbonyl (C=O) groups is 2. The van der Waals surface area contributed by atoms with Crippen LogP contribution >= 0.6 is 0 Å². The van der Waals surface area contributed by atoms with Crippen LogP contribution in [0, 0.1) is 22.7 Å². The fourth-order valence-electron chi connectivity index (χ4n) is 7.06. The number of hydrogen-bond acceptors (Lipinski definition) is 8. The largest absolute Gasteiger partial charge is 0.381 e. The quantitative estimate of drug-likeness (QED) is 0.445. The number of nitrogens with zero attached hydrogens (tertiary/aromatic N) is 6. The molecule has 5 rings (SSSR count). The second-order valence-electron chi connectivity index (χ2n) is 12.2. The number of morpholine rings is 1. The number of rotatable bonds is 8. The van der Waals surface area contributed by atoms with Gasteiger partial charge in [-0.25, -0.2) is 0 Å². The maximum absolute atomic E-state index is 13.7. The zero-order chi connectivity index (χ0) is 27.1. The van der Waals surface area contributed by atoms with Crippen molar-refractivity contribution in [3.05, 3.63) is 0 Å². The molecule has 5 aliphatic rings. The Morgan fingerprint density at radius 2 is 1.56 bits per heavy atom. The Kier molecular flexibility index (Phi) is 10.1. The second-order valence-corrected chi connectivity index (χ2v) is 12.2. The van der Waals surface area contributed by atoms with Gasteiger partial charge in [0.1, 0.15) is 5.41 Å². The first-order valence-corrected chi connectivity index (χ1v) is 15.4. The standard InChI is InChI=1S/C29H48N6O4/c30-24-29(6-9-31(10-7-29)21-25-4-17-38-18-5-25)28(37)34-13-11-33(12-14-34)26(22-32-15-19-39-20-16-32)23-35-8-2-1-3-27(35)36/h25-26H,1-23H2/t26-/m0/s1. The third-order valence-corrected chi connectivity index (χ3v) is 9.73. The number of likely N-dealkylation sites (tertiary alicyclic amines) is 2. The van der Waals surface area contributed by atoms with E-state index in [2.05, 4.69) is 25.7 Å². The number of piperidine rings is 2.